The predicted octanol–water partition coefficient (Wildman–Crippen LogP) is 2.78. The second kappa shape index (κ2) is 6.94. The average Bonchev–Trinajstić information content (AvgIpc) is 3.34. The molecule has 4 rings (SSSR count). The summed E-state index contributed by atoms with van der Waals surface area (Å²) in [7, 11) is 0. The summed E-state index contributed by atoms with van der Waals surface area (Å²) in [5.74, 6) is 0.353. The minimum atomic E-state index is -0.170. The van der Waals surface area contributed by atoms with E-state index in [1.165, 1.54) is 0 Å². The molecular formula is C20H23N3O3. The first kappa shape index (κ1) is 16.8. The van der Waals surface area contributed by atoms with Crippen LogP contribution in [0.1, 0.15) is 41.7 Å². The number of aryl methyl sites for hydroxylation is 1. The van der Waals surface area contributed by atoms with E-state index in [9.17, 15) is 9.59 Å². The highest BCUT2D eigenvalue weighted by molar-refractivity contribution is 5.93. The number of amides is 2. The Hall–Kier alpha value is -2.63. The molecule has 1 atom stereocenters. The van der Waals surface area contributed by atoms with Crippen molar-refractivity contribution in [3.8, 4) is 11.3 Å². The Balaban J connectivity index is 1.43. The number of aromatic nitrogens is 1. The van der Waals surface area contributed by atoms with Crippen LogP contribution in [0.4, 0.5) is 0 Å². The Morgan fingerprint density at radius 1 is 1.19 bits per heavy atom. The Morgan fingerprint density at radius 3 is 2.69 bits per heavy atom. The van der Waals surface area contributed by atoms with Gasteiger partial charge in [-0.15, -0.1) is 0 Å². The van der Waals surface area contributed by atoms with Crippen LogP contribution in [0.25, 0.3) is 11.3 Å². The van der Waals surface area contributed by atoms with Gasteiger partial charge in [-0.3, -0.25) is 9.59 Å². The number of hydrogen-bond donors (Lipinski definition) is 1. The lowest BCUT2D eigenvalue weighted by molar-refractivity contribution is -0.126. The molecule has 6 nitrogen and oxygen atoms in total. The van der Waals surface area contributed by atoms with Crippen molar-refractivity contribution < 1.29 is 14.1 Å². The van der Waals surface area contributed by atoms with E-state index >= 15 is 0 Å². The zero-order valence-corrected chi connectivity index (χ0v) is 14.9. The number of nitrogens with zero attached hydrogens (tertiary/aromatic N) is 2. The van der Waals surface area contributed by atoms with Crippen LogP contribution in [-0.2, 0) is 4.79 Å². The molecule has 1 aromatic heterocycles. The molecule has 0 radical (unpaired) electrons. The van der Waals surface area contributed by atoms with E-state index in [1.54, 1.807) is 11.0 Å². The SMILES string of the molecule is Cc1ccc(-c2cc(C(=O)N3CCC[C@@H](C(=O)NC4CC4)C3)no2)cc1. The molecule has 0 spiro atoms. The quantitative estimate of drug-likeness (QED) is 0.917. The summed E-state index contributed by atoms with van der Waals surface area (Å²) in [6.45, 7) is 3.12. The van der Waals surface area contributed by atoms with Gasteiger partial charge in [0.15, 0.2) is 11.5 Å². The highest BCUT2D eigenvalue weighted by Gasteiger charge is 2.33. The molecule has 136 valence electrons. The van der Waals surface area contributed by atoms with Gasteiger partial charge in [0.25, 0.3) is 5.91 Å². The van der Waals surface area contributed by atoms with E-state index in [-0.39, 0.29) is 17.7 Å². The zero-order valence-electron chi connectivity index (χ0n) is 14.9. The van der Waals surface area contributed by atoms with Crippen LogP contribution < -0.4 is 5.32 Å². The van der Waals surface area contributed by atoms with Gasteiger partial charge in [-0.2, -0.15) is 0 Å². The molecule has 1 saturated carbocycles. The molecule has 1 aromatic carbocycles. The van der Waals surface area contributed by atoms with Gasteiger partial charge >= 0.3 is 0 Å². The van der Waals surface area contributed by atoms with E-state index in [2.05, 4.69) is 10.5 Å². The molecular weight excluding hydrogens is 330 g/mol. The largest absolute Gasteiger partial charge is 0.355 e. The molecule has 2 aliphatic rings. The molecule has 2 aromatic rings. The summed E-state index contributed by atoms with van der Waals surface area (Å²) in [4.78, 5) is 26.8. The van der Waals surface area contributed by atoms with Gasteiger partial charge < -0.3 is 14.7 Å². The normalized spacial score (nSPS) is 20.0. The van der Waals surface area contributed by atoms with Crippen molar-refractivity contribution >= 4 is 11.8 Å². The van der Waals surface area contributed by atoms with Crippen molar-refractivity contribution in [3.05, 3.63) is 41.6 Å². The van der Waals surface area contributed by atoms with Crippen LogP contribution in [0.2, 0.25) is 0 Å². The molecule has 0 bridgehead atoms. The average molecular weight is 353 g/mol. The minimum absolute atomic E-state index is 0.0745. The van der Waals surface area contributed by atoms with Crippen LogP contribution in [-0.4, -0.2) is 41.0 Å². The monoisotopic (exact) mass is 353 g/mol. The molecule has 0 unspecified atom stereocenters. The maximum Gasteiger partial charge on any atom is 0.276 e. The van der Waals surface area contributed by atoms with Gasteiger partial charge in [-0.05, 0) is 32.6 Å². The van der Waals surface area contributed by atoms with E-state index in [1.807, 2.05) is 31.2 Å². The molecule has 1 aliphatic heterocycles. The van der Waals surface area contributed by atoms with Gasteiger partial charge in [-0.1, -0.05) is 35.0 Å². The van der Waals surface area contributed by atoms with Gasteiger partial charge in [0, 0.05) is 30.8 Å². The first-order valence-electron chi connectivity index (χ1n) is 9.23. The second-order valence-corrected chi connectivity index (χ2v) is 7.32. The molecule has 1 N–H and O–H groups in total. The van der Waals surface area contributed by atoms with Gasteiger partial charge in [0.2, 0.25) is 5.91 Å². The molecule has 1 aliphatic carbocycles. The smallest absolute Gasteiger partial charge is 0.276 e. The maximum absolute atomic E-state index is 12.8. The van der Waals surface area contributed by atoms with E-state index in [4.69, 9.17) is 4.52 Å². The number of nitrogens with one attached hydrogen (secondary N) is 1. The summed E-state index contributed by atoms with van der Waals surface area (Å²) in [5, 5.41) is 6.99. The zero-order chi connectivity index (χ0) is 18.1. The molecule has 2 fully saturated rings. The predicted molar refractivity (Wildman–Crippen MR) is 96.5 cm³/mol. The lowest BCUT2D eigenvalue weighted by Gasteiger charge is -2.31. The lowest BCUT2D eigenvalue weighted by Crippen LogP contribution is -2.46. The van der Waals surface area contributed by atoms with Gasteiger partial charge in [0.1, 0.15) is 0 Å². The fourth-order valence-corrected chi connectivity index (χ4v) is 3.31. The van der Waals surface area contributed by atoms with Crippen molar-refractivity contribution in [1.82, 2.24) is 15.4 Å². The fraction of sp³-hybridized carbons (Fsp3) is 0.450. The van der Waals surface area contributed by atoms with Crippen molar-refractivity contribution in [2.45, 2.75) is 38.6 Å². The fourth-order valence-electron chi connectivity index (χ4n) is 3.31. The Bertz CT molecular complexity index is 808. The summed E-state index contributed by atoms with van der Waals surface area (Å²) in [6, 6.07) is 9.91. The third-order valence-electron chi connectivity index (χ3n) is 5.07. The van der Waals surface area contributed by atoms with Crippen LogP contribution in [0, 0.1) is 12.8 Å². The van der Waals surface area contributed by atoms with Crippen molar-refractivity contribution in [2.24, 2.45) is 5.92 Å². The number of benzene rings is 1. The molecule has 1 saturated heterocycles. The lowest BCUT2D eigenvalue weighted by atomic mass is 9.96. The topological polar surface area (TPSA) is 75.4 Å². The Morgan fingerprint density at radius 2 is 1.96 bits per heavy atom. The number of hydrogen-bond acceptors (Lipinski definition) is 4. The molecule has 26 heavy (non-hydrogen) atoms. The molecule has 6 heteroatoms. The summed E-state index contributed by atoms with van der Waals surface area (Å²) >= 11 is 0. The van der Waals surface area contributed by atoms with Crippen molar-refractivity contribution in [1.29, 1.82) is 0 Å². The van der Waals surface area contributed by atoms with Crippen LogP contribution >= 0.6 is 0 Å². The summed E-state index contributed by atoms with van der Waals surface area (Å²) in [5.41, 5.74) is 2.35. The van der Waals surface area contributed by atoms with Gasteiger partial charge in [0.05, 0.1) is 5.92 Å². The second-order valence-electron chi connectivity index (χ2n) is 7.32. The molecule has 2 heterocycles. The van der Waals surface area contributed by atoms with Crippen molar-refractivity contribution in [2.75, 3.05) is 13.1 Å². The third kappa shape index (κ3) is 3.64. The number of piperidine rings is 1. The molecule has 2 amide bonds. The van der Waals surface area contributed by atoms with Crippen LogP contribution in [0.15, 0.2) is 34.9 Å². The van der Waals surface area contributed by atoms with Gasteiger partial charge in [-0.25, -0.2) is 0 Å². The highest BCUT2D eigenvalue weighted by atomic mass is 16.5. The highest BCUT2D eigenvalue weighted by Crippen LogP contribution is 2.25. The number of likely N-dealkylation sites (tertiary alicyclic amines) is 1. The number of carbonyl (C=O) groups excluding carboxylic acids is 2. The van der Waals surface area contributed by atoms with Crippen LogP contribution in [0.3, 0.4) is 0 Å². The minimum Gasteiger partial charge on any atom is -0.355 e. The van der Waals surface area contributed by atoms with E-state index < -0.39 is 0 Å². The van der Waals surface area contributed by atoms with E-state index in [0.717, 1.165) is 36.8 Å². The number of carbonyl (C=O) groups is 2. The number of rotatable bonds is 4. The van der Waals surface area contributed by atoms with Crippen molar-refractivity contribution in [3.63, 3.8) is 0 Å². The first-order valence-corrected chi connectivity index (χ1v) is 9.23. The first-order chi connectivity index (χ1) is 12.6. The maximum atomic E-state index is 12.8. The Kier molecular flexibility index (Phi) is 4.49. The standard InChI is InChI=1S/C20H23N3O3/c1-13-4-6-14(7-5-13)18-11-17(22-26-18)20(25)23-10-2-3-15(12-23)19(24)21-16-8-9-16/h4-7,11,15-16H,2-3,8-10,12H2,1H3,(H,21,24)/t15-/m1/s1. The summed E-state index contributed by atoms with van der Waals surface area (Å²) in [6.07, 6.45) is 3.80. The Labute approximate surface area is 152 Å². The summed E-state index contributed by atoms with van der Waals surface area (Å²) < 4.78 is 5.36. The van der Waals surface area contributed by atoms with Crippen LogP contribution in [0.5, 0.6) is 0 Å². The van der Waals surface area contributed by atoms with E-state index in [0.29, 0.717) is 30.6 Å². The third-order valence-corrected chi connectivity index (χ3v) is 5.07.